The summed E-state index contributed by atoms with van der Waals surface area (Å²) in [6, 6.07) is 0. The lowest BCUT2D eigenvalue weighted by Crippen LogP contribution is -2.05. The molecule has 0 fully saturated rings. The molecule has 0 atom stereocenters. The van der Waals surface area contributed by atoms with Crippen LogP contribution in [0.5, 0.6) is 0 Å². The Morgan fingerprint density at radius 2 is 2.25 bits per heavy atom. The van der Waals surface area contributed by atoms with Crippen molar-refractivity contribution in [2.24, 2.45) is 0 Å². The van der Waals surface area contributed by atoms with Gasteiger partial charge in [0, 0.05) is 5.75 Å². The van der Waals surface area contributed by atoms with E-state index >= 15 is 0 Å². The summed E-state index contributed by atoms with van der Waals surface area (Å²) in [4.78, 5) is 3.08. The lowest BCUT2D eigenvalue weighted by atomic mass is 10.4. The van der Waals surface area contributed by atoms with E-state index < -0.39 is 11.1 Å². The lowest BCUT2D eigenvalue weighted by Gasteiger charge is -2.04. The average Bonchev–Trinajstić information content (AvgIpc) is 2.34. The number of thioether (sulfide) groups is 1. The SMILES string of the molecule is CSCc1ncsc1C(F)(F)F. The fraction of sp³-hybridized carbons (Fsp3) is 0.500. The summed E-state index contributed by atoms with van der Waals surface area (Å²) in [7, 11) is 0. The smallest absolute Gasteiger partial charge is 0.248 e. The van der Waals surface area contributed by atoms with Crippen LogP contribution in [0.25, 0.3) is 0 Å². The third-order valence-corrected chi connectivity index (χ3v) is 2.66. The molecule has 0 radical (unpaired) electrons. The van der Waals surface area contributed by atoms with Gasteiger partial charge in [-0.2, -0.15) is 24.9 Å². The van der Waals surface area contributed by atoms with E-state index in [4.69, 9.17) is 0 Å². The first kappa shape index (κ1) is 9.85. The molecule has 0 saturated heterocycles. The summed E-state index contributed by atoms with van der Waals surface area (Å²) < 4.78 is 36.5. The highest BCUT2D eigenvalue weighted by molar-refractivity contribution is 7.97. The predicted octanol–water partition coefficient (Wildman–Crippen LogP) is 3.02. The van der Waals surface area contributed by atoms with E-state index in [1.807, 2.05) is 0 Å². The van der Waals surface area contributed by atoms with Crippen LogP contribution in [0.2, 0.25) is 0 Å². The van der Waals surface area contributed by atoms with Crippen molar-refractivity contribution >= 4 is 23.1 Å². The first-order valence-electron chi connectivity index (χ1n) is 3.04. The second kappa shape index (κ2) is 3.66. The highest BCUT2D eigenvalue weighted by atomic mass is 32.2. The molecule has 0 aromatic carbocycles. The maximum Gasteiger partial charge on any atom is 0.427 e. The average molecular weight is 213 g/mol. The van der Waals surface area contributed by atoms with Gasteiger partial charge in [0.1, 0.15) is 4.88 Å². The van der Waals surface area contributed by atoms with Gasteiger partial charge in [0.2, 0.25) is 0 Å². The molecule has 1 aromatic heterocycles. The van der Waals surface area contributed by atoms with Crippen LogP contribution in [-0.4, -0.2) is 11.2 Å². The highest BCUT2D eigenvalue weighted by Crippen LogP contribution is 2.35. The number of aromatic nitrogens is 1. The largest absolute Gasteiger partial charge is 0.427 e. The third-order valence-electron chi connectivity index (χ3n) is 1.18. The van der Waals surface area contributed by atoms with Gasteiger partial charge in [0.05, 0.1) is 11.2 Å². The van der Waals surface area contributed by atoms with Crippen molar-refractivity contribution < 1.29 is 13.2 Å². The summed E-state index contributed by atoms with van der Waals surface area (Å²) in [6.45, 7) is 0. The molecule has 0 saturated carbocycles. The second-order valence-corrected chi connectivity index (χ2v) is 3.78. The summed E-state index contributed by atoms with van der Waals surface area (Å²) in [6.07, 6.45) is -2.49. The topological polar surface area (TPSA) is 12.9 Å². The maximum absolute atomic E-state index is 12.2. The number of alkyl halides is 3. The van der Waals surface area contributed by atoms with E-state index in [-0.39, 0.29) is 5.69 Å². The molecule has 12 heavy (non-hydrogen) atoms. The number of hydrogen-bond donors (Lipinski definition) is 0. The normalized spacial score (nSPS) is 12.0. The molecule has 0 aliphatic rings. The molecule has 1 nitrogen and oxygen atoms in total. The Morgan fingerprint density at radius 3 is 2.75 bits per heavy atom. The van der Waals surface area contributed by atoms with Gasteiger partial charge in [0.15, 0.2) is 0 Å². The van der Waals surface area contributed by atoms with Crippen LogP contribution >= 0.6 is 23.1 Å². The molecule has 0 aliphatic heterocycles. The molecular formula is C6H6F3NS2. The monoisotopic (exact) mass is 213 g/mol. The van der Waals surface area contributed by atoms with Crippen LogP contribution in [0.4, 0.5) is 13.2 Å². The van der Waals surface area contributed by atoms with Gasteiger partial charge in [-0.05, 0) is 6.26 Å². The van der Waals surface area contributed by atoms with Crippen molar-refractivity contribution in [1.82, 2.24) is 4.98 Å². The van der Waals surface area contributed by atoms with E-state index in [1.54, 1.807) is 6.26 Å². The quantitative estimate of drug-likeness (QED) is 0.749. The first-order chi connectivity index (χ1) is 5.55. The molecule has 0 unspecified atom stereocenters. The molecule has 0 bridgehead atoms. The standard InChI is InChI=1S/C6H6F3NS2/c1-11-2-4-5(6(7,8)9)12-3-10-4/h3H,2H2,1H3. The zero-order chi connectivity index (χ0) is 9.19. The fourth-order valence-corrected chi connectivity index (χ4v) is 2.00. The second-order valence-electron chi connectivity index (χ2n) is 2.06. The molecule has 6 heteroatoms. The van der Waals surface area contributed by atoms with Crippen molar-refractivity contribution in [3.63, 3.8) is 0 Å². The third kappa shape index (κ3) is 2.13. The Bertz CT molecular complexity index is 256. The Labute approximate surface area is 76.0 Å². The van der Waals surface area contributed by atoms with Gasteiger partial charge in [-0.25, -0.2) is 4.98 Å². The number of hydrogen-bond acceptors (Lipinski definition) is 3. The molecule has 1 heterocycles. The van der Waals surface area contributed by atoms with Crippen LogP contribution in [0, 0.1) is 0 Å². The first-order valence-corrected chi connectivity index (χ1v) is 5.31. The molecule has 68 valence electrons. The molecule has 0 spiro atoms. The molecule has 0 amide bonds. The van der Waals surface area contributed by atoms with E-state index in [2.05, 4.69) is 4.98 Å². The van der Waals surface area contributed by atoms with Crippen LogP contribution in [-0.2, 0) is 11.9 Å². The van der Waals surface area contributed by atoms with Gasteiger partial charge in [0.25, 0.3) is 0 Å². The van der Waals surface area contributed by atoms with Crippen molar-refractivity contribution in [3.8, 4) is 0 Å². The van der Waals surface area contributed by atoms with Gasteiger partial charge < -0.3 is 0 Å². The van der Waals surface area contributed by atoms with E-state index in [0.717, 1.165) is 0 Å². The minimum Gasteiger partial charge on any atom is -0.248 e. The van der Waals surface area contributed by atoms with Gasteiger partial charge in [-0.1, -0.05) is 0 Å². The van der Waals surface area contributed by atoms with E-state index in [1.165, 1.54) is 17.3 Å². The maximum atomic E-state index is 12.2. The van der Waals surface area contributed by atoms with Crippen LogP contribution in [0.1, 0.15) is 10.6 Å². The van der Waals surface area contributed by atoms with Crippen molar-refractivity contribution in [2.75, 3.05) is 6.26 Å². The van der Waals surface area contributed by atoms with Gasteiger partial charge >= 0.3 is 6.18 Å². The summed E-state index contributed by atoms with van der Waals surface area (Å²) in [5.41, 5.74) is 1.37. The lowest BCUT2D eigenvalue weighted by molar-refractivity contribution is -0.134. The minimum absolute atomic E-state index is 0.139. The van der Waals surface area contributed by atoms with Crippen LogP contribution < -0.4 is 0 Å². The molecular weight excluding hydrogens is 207 g/mol. The molecule has 0 N–H and O–H groups in total. The van der Waals surface area contributed by atoms with E-state index in [9.17, 15) is 13.2 Å². The molecule has 1 rings (SSSR count). The zero-order valence-electron chi connectivity index (χ0n) is 6.18. The number of rotatable bonds is 2. The Morgan fingerprint density at radius 1 is 1.58 bits per heavy atom. The Kier molecular flexibility index (Phi) is 3.00. The van der Waals surface area contributed by atoms with Gasteiger partial charge in [-0.15, -0.1) is 11.3 Å². The van der Waals surface area contributed by atoms with Crippen molar-refractivity contribution in [1.29, 1.82) is 0 Å². The van der Waals surface area contributed by atoms with Crippen LogP contribution in [0.15, 0.2) is 5.51 Å². The zero-order valence-corrected chi connectivity index (χ0v) is 7.82. The highest BCUT2D eigenvalue weighted by Gasteiger charge is 2.35. The Balaban J connectivity index is 2.91. The number of halogens is 3. The number of nitrogens with zero attached hydrogens (tertiary/aromatic N) is 1. The van der Waals surface area contributed by atoms with Crippen molar-refractivity contribution in [3.05, 3.63) is 16.1 Å². The van der Waals surface area contributed by atoms with Crippen LogP contribution in [0.3, 0.4) is 0 Å². The molecule has 0 aliphatic carbocycles. The Hall–Kier alpha value is -0.230. The van der Waals surface area contributed by atoms with Gasteiger partial charge in [-0.3, -0.25) is 0 Å². The van der Waals surface area contributed by atoms with E-state index in [0.29, 0.717) is 17.1 Å². The fourth-order valence-electron chi connectivity index (χ4n) is 0.739. The summed E-state index contributed by atoms with van der Waals surface area (Å²) in [5.74, 6) is 0.318. The summed E-state index contributed by atoms with van der Waals surface area (Å²) >= 11 is 1.98. The van der Waals surface area contributed by atoms with Crippen molar-refractivity contribution in [2.45, 2.75) is 11.9 Å². The minimum atomic E-state index is -4.24. The summed E-state index contributed by atoms with van der Waals surface area (Å²) in [5, 5.41) is 0. The molecule has 1 aromatic rings. The predicted molar refractivity (Wildman–Crippen MR) is 44.3 cm³/mol. The number of thiazole rings is 1.